The Labute approximate surface area is 161 Å². The minimum absolute atomic E-state index is 0.217. The number of aromatic amines is 1. The van der Waals surface area contributed by atoms with Gasteiger partial charge in [-0.3, -0.25) is 9.89 Å². The zero-order valence-corrected chi connectivity index (χ0v) is 16.2. The summed E-state index contributed by atoms with van der Waals surface area (Å²) in [6, 6.07) is 9.62. The first kappa shape index (κ1) is 16.8. The number of nitrogens with one attached hydrogen (secondary N) is 1. The molecule has 0 radical (unpaired) electrons. The van der Waals surface area contributed by atoms with Gasteiger partial charge in [0.25, 0.3) is 5.56 Å². The zero-order valence-electron chi connectivity index (χ0n) is 13.8. The van der Waals surface area contributed by atoms with Crippen LogP contribution in [0.5, 0.6) is 0 Å². The molecule has 3 aromatic rings. The van der Waals surface area contributed by atoms with E-state index in [0.717, 1.165) is 21.7 Å². The lowest BCUT2D eigenvalue weighted by atomic mass is 9.92. The molecule has 26 heavy (non-hydrogen) atoms. The van der Waals surface area contributed by atoms with Gasteiger partial charge in [0.2, 0.25) is 5.96 Å². The van der Waals surface area contributed by atoms with Crippen molar-refractivity contribution in [1.29, 1.82) is 0 Å². The van der Waals surface area contributed by atoms with Crippen molar-refractivity contribution in [3.05, 3.63) is 72.5 Å². The molecule has 6 nitrogen and oxygen atoms in total. The lowest BCUT2D eigenvalue weighted by Crippen LogP contribution is -2.38. The van der Waals surface area contributed by atoms with Gasteiger partial charge in [0.15, 0.2) is 5.69 Å². The van der Waals surface area contributed by atoms with Gasteiger partial charge in [-0.2, -0.15) is 0 Å². The second-order valence-electron chi connectivity index (χ2n) is 6.32. The van der Waals surface area contributed by atoms with E-state index in [1.54, 1.807) is 17.4 Å². The smallest absolute Gasteiger partial charge is 0.279 e. The molecule has 0 unspecified atom stereocenters. The van der Waals surface area contributed by atoms with Crippen molar-refractivity contribution >= 4 is 38.9 Å². The lowest BCUT2D eigenvalue weighted by molar-refractivity contribution is 0.470. The number of hydrogen-bond acceptors (Lipinski definition) is 4. The van der Waals surface area contributed by atoms with Crippen LogP contribution in [-0.2, 0) is 12.0 Å². The minimum atomic E-state index is -0.554. The Morgan fingerprint density at radius 1 is 1.42 bits per heavy atom. The molecule has 0 bridgehead atoms. The van der Waals surface area contributed by atoms with Gasteiger partial charge in [-0.1, -0.05) is 18.2 Å². The van der Waals surface area contributed by atoms with Crippen molar-refractivity contribution in [2.75, 3.05) is 0 Å². The predicted molar refractivity (Wildman–Crippen MR) is 107 cm³/mol. The van der Waals surface area contributed by atoms with Crippen molar-refractivity contribution < 1.29 is 0 Å². The Bertz CT molecular complexity index is 1150. The monoisotopic (exact) mass is 427 g/mol. The number of benzene rings is 1. The topological polar surface area (TPSA) is 80.5 Å². The van der Waals surface area contributed by atoms with Gasteiger partial charge in [-0.05, 0) is 51.5 Å². The number of nitrogens with two attached hydrogens (primary N) is 1. The number of thiophene rings is 1. The second-order valence-corrected chi connectivity index (χ2v) is 8.02. The Balaban J connectivity index is 1.76. The molecular formula is C18H14BrN5OS. The molecule has 0 spiro atoms. The fourth-order valence-corrected chi connectivity index (χ4v) is 4.57. The first-order valence-corrected chi connectivity index (χ1v) is 9.50. The van der Waals surface area contributed by atoms with E-state index in [1.807, 2.05) is 25.1 Å². The molecule has 1 aromatic carbocycles. The molecule has 1 aliphatic heterocycles. The molecule has 1 aliphatic rings. The molecular weight excluding hydrogens is 414 g/mol. The maximum atomic E-state index is 11.9. The number of aliphatic imine (C=N–C) groups is 1. The van der Waals surface area contributed by atoms with Crippen LogP contribution in [0, 0.1) is 6.57 Å². The molecule has 130 valence electrons. The summed E-state index contributed by atoms with van der Waals surface area (Å²) in [7, 11) is 0. The molecule has 4 rings (SSSR count). The minimum Gasteiger partial charge on any atom is -0.368 e. The average Bonchev–Trinajstić information content (AvgIpc) is 3.23. The van der Waals surface area contributed by atoms with Gasteiger partial charge in [0, 0.05) is 11.3 Å². The predicted octanol–water partition coefficient (Wildman–Crippen LogP) is 3.85. The third kappa shape index (κ3) is 2.60. The summed E-state index contributed by atoms with van der Waals surface area (Å²) >= 11 is 4.95. The van der Waals surface area contributed by atoms with Crippen molar-refractivity contribution in [2.45, 2.75) is 18.9 Å². The maximum Gasteiger partial charge on any atom is 0.279 e. The summed E-state index contributed by atoms with van der Waals surface area (Å²) in [6.45, 7) is 9.19. The van der Waals surface area contributed by atoms with Gasteiger partial charge in [0.05, 0.1) is 12.3 Å². The fraction of sp³-hybridized carbons (Fsp3) is 0.167. The molecule has 2 aromatic heterocycles. The van der Waals surface area contributed by atoms with Crippen molar-refractivity contribution in [3.8, 4) is 11.1 Å². The maximum absolute atomic E-state index is 11.9. The number of rotatable bonds is 2. The number of H-pyrrole nitrogens is 1. The van der Waals surface area contributed by atoms with Crippen molar-refractivity contribution in [1.82, 2.24) is 9.78 Å². The molecule has 8 heteroatoms. The number of fused-ring (bicyclic) bond motifs is 1. The standard InChI is InChI=1S/C18H14BrN5OS/c1-18(8-13-15(19)16(25)23-24(13)17(20)22-18)14-7-11(9-26-14)10-4-3-5-12(6-10)21-2/h3-7,9H,8H2,1H3,(H2,20,22)(H,23,25)/t18-/m0/s1. The van der Waals surface area contributed by atoms with E-state index >= 15 is 0 Å². The van der Waals surface area contributed by atoms with Crippen molar-refractivity contribution in [2.24, 2.45) is 10.7 Å². The molecule has 0 fully saturated rings. The van der Waals surface area contributed by atoms with E-state index in [9.17, 15) is 4.79 Å². The van der Waals surface area contributed by atoms with Crippen LogP contribution in [0.2, 0.25) is 0 Å². The van der Waals surface area contributed by atoms with Crippen LogP contribution >= 0.6 is 27.3 Å². The Hall–Kier alpha value is -2.63. The molecule has 0 aliphatic carbocycles. The zero-order chi connectivity index (χ0) is 18.5. The highest BCUT2D eigenvalue weighted by Gasteiger charge is 2.36. The van der Waals surface area contributed by atoms with Crippen LogP contribution in [0.15, 0.2) is 50.0 Å². The third-order valence-electron chi connectivity index (χ3n) is 4.48. The number of hydrogen-bond donors (Lipinski definition) is 2. The number of nitrogens with zero attached hydrogens (tertiary/aromatic N) is 3. The molecule has 1 atom stereocenters. The van der Waals surface area contributed by atoms with E-state index in [-0.39, 0.29) is 11.5 Å². The van der Waals surface area contributed by atoms with Gasteiger partial charge >= 0.3 is 0 Å². The quantitative estimate of drug-likeness (QED) is 0.608. The summed E-state index contributed by atoms with van der Waals surface area (Å²) in [5, 5.41) is 4.74. The van der Waals surface area contributed by atoms with Gasteiger partial charge in [-0.25, -0.2) is 14.5 Å². The lowest BCUT2D eigenvalue weighted by Gasteiger charge is -2.29. The average molecular weight is 428 g/mol. The largest absolute Gasteiger partial charge is 0.368 e. The van der Waals surface area contributed by atoms with E-state index in [2.05, 4.69) is 42.3 Å². The molecule has 3 N–H and O–H groups in total. The highest BCUT2D eigenvalue weighted by atomic mass is 79.9. The van der Waals surface area contributed by atoms with Crippen LogP contribution < -0.4 is 11.3 Å². The molecule has 3 heterocycles. The van der Waals surface area contributed by atoms with Crippen LogP contribution in [0.25, 0.3) is 16.0 Å². The Morgan fingerprint density at radius 2 is 2.23 bits per heavy atom. The highest BCUT2D eigenvalue weighted by molar-refractivity contribution is 9.10. The van der Waals surface area contributed by atoms with Crippen LogP contribution in [-0.4, -0.2) is 15.7 Å². The van der Waals surface area contributed by atoms with Gasteiger partial charge in [0.1, 0.15) is 10.0 Å². The first-order valence-electron chi connectivity index (χ1n) is 7.83. The summed E-state index contributed by atoms with van der Waals surface area (Å²) < 4.78 is 2.02. The Kier molecular flexibility index (Phi) is 3.86. The number of halogens is 1. The first-order chi connectivity index (χ1) is 12.4. The van der Waals surface area contributed by atoms with Gasteiger partial charge < -0.3 is 5.73 Å². The van der Waals surface area contributed by atoms with Gasteiger partial charge in [-0.15, -0.1) is 11.3 Å². The summed E-state index contributed by atoms with van der Waals surface area (Å²) in [4.78, 5) is 21.1. The third-order valence-corrected chi connectivity index (χ3v) is 6.48. The summed E-state index contributed by atoms with van der Waals surface area (Å²) in [5.41, 5.74) is 8.76. The molecule has 0 saturated carbocycles. The highest BCUT2D eigenvalue weighted by Crippen LogP contribution is 2.40. The van der Waals surface area contributed by atoms with Crippen molar-refractivity contribution in [3.63, 3.8) is 0 Å². The normalized spacial score (nSPS) is 18.9. The van der Waals surface area contributed by atoms with E-state index in [0.29, 0.717) is 16.6 Å². The Morgan fingerprint density at radius 3 is 3.00 bits per heavy atom. The van der Waals surface area contributed by atoms with E-state index in [1.165, 1.54) is 4.68 Å². The SMILES string of the molecule is [C-]#[N+]c1cccc(-c2csc([C@]3(C)Cc4c(Br)c(=O)[nH]n4C(N)=N3)c2)c1. The van der Waals surface area contributed by atoms with Crippen LogP contribution in [0.3, 0.4) is 0 Å². The summed E-state index contributed by atoms with van der Waals surface area (Å²) in [6.07, 6.45) is 0.551. The van der Waals surface area contributed by atoms with Crippen LogP contribution in [0.4, 0.5) is 5.69 Å². The van der Waals surface area contributed by atoms with E-state index in [4.69, 9.17) is 12.3 Å². The fourth-order valence-electron chi connectivity index (χ4n) is 3.14. The molecule has 0 saturated heterocycles. The van der Waals surface area contributed by atoms with Crippen LogP contribution in [0.1, 0.15) is 17.5 Å². The number of aromatic nitrogens is 2. The molecule has 0 amide bonds. The summed E-state index contributed by atoms with van der Waals surface area (Å²) in [5.74, 6) is 0.265. The second kappa shape index (κ2) is 5.97. The van der Waals surface area contributed by atoms with E-state index < -0.39 is 5.54 Å².